The van der Waals surface area contributed by atoms with E-state index < -0.39 is 17.9 Å². The van der Waals surface area contributed by atoms with Gasteiger partial charge in [-0.05, 0) is 13.0 Å². The third-order valence-electron chi connectivity index (χ3n) is 1.64. The van der Waals surface area contributed by atoms with Crippen LogP contribution in [0, 0.1) is 12.3 Å². The number of halogens is 4. The molecule has 8 heteroatoms. The van der Waals surface area contributed by atoms with Gasteiger partial charge < -0.3 is 10.5 Å². The molecule has 3 N–H and O–H groups in total. The highest BCUT2D eigenvalue weighted by Gasteiger charge is 2.32. The quantitative estimate of drug-likeness (QED) is 0.627. The lowest BCUT2D eigenvalue weighted by Crippen LogP contribution is -2.20. The van der Waals surface area contributed by atoms with E-state index in [-0.39, 0.29) is 23.7 Å². The van der Waals surface area contributed by atoms with Crippen LogP contribution in [0.1, 0.15) is 11.3 Å². The van der Waals surface area contributed by atoms with E-state index in [1.54, 1.807) is 0 Å². The zero-order valence-corrected chi connectivity index (χ0v) is 8.95. The Labute approximate surface area is 95.5 Å². The third-order valence-corrected chi connectivity index (χ3v) is 1.64. The second-order valence-corrected chi connectivity index (χ2v) is 2.74. The van der Waals surface area contributed by atoms with Crippen molar-refractivity contribution in [2.45, 2.75) is 13.3 Å². The van der Waals surface area contributed by atoms with E-state index in [0.717, 1.165) is 12.3 Å². The minimum Gasteiger partial charge on any atom is -0.405 e. The molecule has 90 valence electrons. The number of nitrogens with one attached hydrogen (secondary N) is 1. The first-order valence-corrected chi connectivity index (χ1v) is 3.87. The molecule has 0 unspecified atom stereocenters. The van der Waals surface area contributed by atoms with Crippen molar-refractivity contribution in [2.75, 3.05) is 0 Å². The molecule has 0 aliphatic rings. The number of alkyl halides is 3. The van der Waals surface area contributed by atoms with Gasteiger partial charge in [-0.2, -0.15) is 0 Å². The lowest BCUT2D eigenvalue weighted by atomic mass is 10.2. The third kappa shape index (κ3) is 3.58. The maximum Gasteiger partial charge on any atom is 0.573 e. The first-order chi connectivity index (χ1) is 6.81. The van der Waals surface area contributed by atoms with Crippen molar-refractivity contribution >= 4 is 18.2 Å². The molecule has 0 aliphatic heterocycles. The Balaban J connectivity index is 0.00000225. The van der Waals surface area contributed by atoms with E-state index in [9.17, 15) is 13.2 Å². The average molecular weight is 256 g/mol. The molecule has 0 radical (unpaired) electrons. The van der Waals surface area contributed by atoms with Crippen molar-refractivity contribution in [1.82, 2.24) is 4.98 Å². The van der Waals surface area contributed by atoms with Crippen molar-refractivity contribution in [3.8, 4) is 5.75 Å². The fraction of sp³-hybridized carbons (Fsp3) is 0.250. The number of aromatic nitrogens is 1. The van der Waals surface area contributed by atoms with Gasteiger partial charge in [0.2, 0.25) is 0 Å². The number of nitrogens with two attached hydrogens (primary N) is 1. The van der Waals surface area contributed by atoms with Crippen LogP contribution in [0.2, 0.25) is 0 Å². The molecule has 0 saturated carbocycles. The van der Waals surface area contributed by atoms with Gasteiger partial charge >= 0.3 is 6.36 Å². The number of amidine groups is 1. The minimum absolute atomic E-state index is 0. The topological polar surface area (TPSA) is 72.0 Å². The van der Waals surface area contributed by atoms with E-state index in [2.05, 4.69) is 9.72 Å². The van der Waals surface area contributed by atoms with Crippen LogP contribution >= 0.6 is 12.4 Å². The summed E-state index contributed by atoms with van der Waals surface area (Å²) in [7, 11) is 0. The first kappa shape index (κ1) is 14.5. The first-order valence-electron chi connectivity index (χ1n) is 3.87. The fourth-order valence-corrected chi connectivity index (χ4v) is 1.02. The van der Waals surface area contributed by atoms with Gasteiger partial charge in [-0.25, -0.2) is 0 Å². The molecule has 0 fully saturated rings. The van der Waals surface area contributed by atoms with Crippen LogP contribution < -0.4 is 10.5 Å². The van der Waals surface area contributed by atoms with Crippen LogP contribution in [0.15, 0.2) is 12.3 Å². The average Bonchev–Trinajstić information content (AvgIpc) is 2.05. The number of hydrogen-bond donors (Lipinski definition) is 2. The summed E-state index contributed by atoms with van der Waals surface area (Å²) < 4.78 is 39.5. The highest BCUT2D eigenvalue weighted by atomic mass is 35.5. The molecule has 1 aromatic heterocycles. The number of nitrogens with zero attached hydrogens (tertiary/aromatic N) is 1. The summed E-state index contributed by atoms with van der Waals surface area (Å²) >= 11 is 0. The second kappa shape index (κ2) is 5.02. The molecule has 0 bridgehead atoms. The standard InChI is InChI=1S/C8H8F3N3O.ClH/c1-4-5(15-8(9,10)11)2-3-14-6(4)7(12)13;/h2-3H,1H3,(H3,12,13);1H. The molecule has 0 spiro atoms. The lowest BCUT2D eigenvalue weighted by molar-refractivity contribution is -0.274. The van der Waals surface area contributed by atoms with Gasteiger partial charge in [0.15, 0.2) is 0 Å². The molecule has 4 nitrogen and oxygen atoms in total. The molecule has 0 amide bonds. The van der Waals surface area contributed by atoms with Gasteiger partial charge in [-0.1, -0.05) is 0 Å². The summed E-state index contributed by atoms with van der Waals surface area (Å²) in [5, 5.41) is 7.08. The normalized spacial score (nSPS) is 10.5. The number of pyridine rings is 1. The maximum absolute atomic E-state index is 11.9. The molecule has 0 aromatic carbocycles. The summed E-state index contributed by atoms with van der Waals surface area (Å²) in [5.74, 6) is -0.803. The van der Waals surface area contributed by atoms with Crippen molar-refractivity contribution in [3.05, 3.63) is 23.5 Å². The predicted octanol–water partition coefficient (Wildman–Crippen LogP) is 1.99. The predicted molar refractivity (Wildman–Crippen MR) is 53.9 cm³/mol. The van der Waals surface area contributed by atoms with Crippen LogP contribution in [0.5, 0.6) is 5.75 Å². The summed E-state index contributed by atoms with van der Waals surface area (Å²) in [5.41, 5.74) is 5.20. The van der Waals surface area contributed by atoms with Gasteiger partial charge in [0, 0.05) is 11.8 Å². The Bertz CT molecular complexity index is 395. The molecule has 16 heavy (non-hydrogen) atoms. The van der Waals surface area contributed by atoms with E-state index in [1.807, 2.05) is 0 Å². The molecule has 1 aromatic rings. The van der Waals surface area contributed by atoms with Gasteiger partial charge in [0.25, 0.3) is 0 Å². The van der Waals surface area contributed by atoms with Crippen molar-refractivity contribution in [3.63, 3.8) is 0 Å². The Morgan fingerprint density at radius 1 is 1.50 bits per heavy atom. The Morgan fingerprint density at radius 2 is 2.06 bits per heavy atom. The van der Waals surface area contributed by atoms with Crippen molar-refractivity contribution < 1.29 is 17.9 Å². The minimum atomic E-state index is -4.76. The Hall–Kier alpha value is -1.50. The Kier molecular flexibility index (Phi) is 4.55. The number of ether oxygens (including phenoxy) is 1. The lowest BCUT2D eigenvalue weighted by Gasteiger charge is -2.12. The van der Waals surface area contributed by atoms with E-state index >= 15 is 0 Å². The molecule has 0 saturated heterocycles. The van der Waals surface area contributed by atoms with Crippen LogP contribution in [-0.2, 0) is 0 Å². The van der Waals surface area contributed by atoms with E-state index in [0.29, 0.717) is 0 Å². The smallest absolute Gasteiger partial charge is 0.405 e. The van der Waals surface area contributed by atoms with Gasteiger partial charge in [-0.3, -0.25) is 10.4 Å². The number of hydrogen-bond acceptors (Lipinski definition) is 3. The SMILES string of the molecule is Cc1c(OC(F)(F)F)ccnc1C(=N)N.Cl. The highest BCUT2D eigenvalue weighted by molar-refractivity contribution is 5.94. The van der Waals surface area contributed by atoms with Crippen LogP contribution in [0.25, 0.3) is 0 Å². The largest absolute Gasteiger partial charge is 0.573 e. The molecular formula is C8H9ClF3N3O. The van der Waals surface area contributed by atoms with E-state index in [1.165, 1.54) is 6.92 Å². The number of nitrogen functional groups attached to an aromatic ring is 1. The molecule has 1 rings (SSSR count). The fourth-order valence-electron chi connectivity index (χ4n) is 1.02. The van der Waals surface area contributed by atoms with Gasteiger partial charge in [0.1, 0.15) is 17.3 Å². The highest BCUT2D eigenvalue weighted by Crippen LogP contribution is 2.26. The summed E-state index contributed by atoms with van der Waals surface area (Å²) in [6, 6.07) is 1.06. The van der Waals surface area contributed by atoms with Crippen LogP contribution in [0.4, 0.5) is 13.2 Å². The second-order valence-electron chi connectivity index (χ2n) is 2.74. The monoisotopic (exact) mass is 255 g/mol. The molecule has 0 atom stereocenters. The molecule has 1 heterocycles. The van der Waals surface area contributed by atoms with Gasteiger partial charge in [-0.15, -0.1) is 25.6 Å². The molecular weight excluding hydrogens is 247 g/mol. The van der Waals surface area contributed by atoms with Crippen molar-refractivity contribution in [1.29, 1.82) is 5.41 Å². The summed E-state index contributed by atoms with van der Waals surface area (Å²) in [6.07, 6.45) is -3.66. The maximum atomic E-state index is 11.9. The van der Waals surface area contributed by atoms with Gasteiger partial charge in [0.05, 0.1) is 0 Å². The summed E-state index contributed by atoms with van der Waals surface area (Å²) in [6.45, 7) is 1.35. The Morgan fingerprint density at radius 3 is 2.50 bits per heavy atom. The van der Waals surface area contributed by atoms with Crippen molar-refractivity contribution in [2.24, 2.45) is 5.73 Å². The number of rotatable bonds is 2. The van der Waals surface area contributed by atoms with E-state index in [4.69, 9.17) is 11.1 Å². The summed E-state index contributed by atoms with van der Waals surface area (Å²) in [4.78, 5) is 3.67. The zero-order chi connectivity index (χ0) is 11.6. The molecule has 0 aliphatic carbocycles. The van der Waals surface area contributed by atoms with Crippen LogP contribution in [0.3, 0.4) is 0 Å². The zero-order valence-electron chi connectivity index (χ0n) is 8.13. The van der Waals surface area contributed by atoms with Crippen LogP contribution in [-0.4, -0.2) is 17.2 Å².